The van der Waals surface area contributed by atoms with Crippen LogP contribution in [0.15, 0.2) is 34.9 Å². The van der Waals surface area contributed by atoms with Gasteiger partial charge in [0.15, 0.2) is 16.7 Å². The molecule has 2 aromatic rings. The number of hydrogen-bond donors (Lipinski definition) is 1. The molecule has 0 radical (unpaired) electrons. The average Bonchev–Trinajstić information content (AvgIpc) is 2.46. The van der Waals surface area contributed by atoms with Crippen molar-refractivity contribution in [2.75, 3.05) is 18.5 Å². The van der Waals surface area contributed by atoms with Crippen LogP contribution in [0.5, 0.6) is 11.5 Å². The number of fused-ring (bicyclic) bond motifs is 1. The SMILES string of the molecule is Clc1ncccc1NCc1cc(Br)c2c(c1)OCCO2. The Morgan fingerprint density at radius 2 is 2.15 bits per heavy atom. The summed E-state index contributed by atoms with van der Waals surface area (Å²) < 4.78 is 12.1. The summed E-state index contributed by atoms with van der Waals surface area (Å²) >= 11 is 9.51. The molecule has 0 aliphatic carbocycles. The smallest absolute Gasteiger partial charge is 0.175 e. The standard InChI is InChI=1S/C14H12BrClN2O2/c15-10-6-9(7-12-13(10)20-5-4-19-12)8-18-11-2-1-3-17-14(11)16/h1-3,6-7,18H,4-5,8H2. The number of rotatable bonds is 3. The Morgan fingerprint density at radius 1 is 1.30 bits per heavy atom. The monoisotopic (exact) mass is 354 g/mol. The van der Waals surface area contributed by atoms with E-state index in [2.05, 4.69) is 26.2 Å². The van der Waals surface area contributed by atoms with Gasteiger partial charge in [-0.1, -0.05) is 11.6 Å². The Morgan fingerprint density at radius 3 is 3.00 bits per heavy atom. The van der Waals surface area contributed by atoms with Crippen LogP contribution in [0.1, 0.15) is 5.56 Å². The van der Waals surface area contributed by atoms with Crippen LogP contribution >= 0.6 is 27.5 Å². The zero-order valence-electron chi connectivity index (χ0n) is 10.5. The third-order valence-electron chi connectivity index (χ3n) is 2.90. The molecular formula is C14H12BrClN2O2. The molecule has 0 amide bonds. The molecule has 0 atom stereocenters. The molecule has 4 nitrogen and oxygen atoms in total. The van der Waals surface area contributed by atoms with Gasteiger partial charge in [0.25, 0.3) is 0 Å². The Balaban J connectivity index is 1.78. The third kappa shape index (κ3) is 2.83. The highest BCUT2D eigenvalue weighted by molar-refractivity contribution is 9.10. The van der Waals surface area contributed by atoms with Crippen molar-refractivity contribution in [3.8, 4) is 11.5 Å². The van der Waals surface area contributed by atoms with E-state index in [0.717, 1.165) is 27.2 Å². The predicted molar refractivity (Wildman–Crippen MR) is 81.7 cm³/mol. The van der Waals surface area contributed by atoms with Crippen LogP contribution in [0.25, 0.3) is 0 Å². The Bertz CT molecular complexity index is 637. The third-order valence-corrected chi connectivity index (χ3v) is 3.79. The van der Waals surface area contributed by atoms with Gasteiger partial charge in [-0.2, -0.15) is 0 Å². The molecule has 0 fully saturated rings. The lowest BCUT2D eigenvalue weighted by molar-refractivity contribution is 0.170. The lowest BCUT2D eigenvalue weighted by Gasteiger charge is -2.20. The summed E-state index contributed by atoms with van der Waals surface area (Å²) in [6.07, 6.45) is 1.66. The van der Waals surface area contributed by atoms with E-state index >= 15 is 0 Å². The lowest BCUT2D eigenvalue weighted by Crippen LogP contribution is -2.16. The first-order valence-electron chi connectivity index (χ1n) is 6.16. The summed E-state index contributed by atoms with van der Waals surface area (Å²) in [7, 11) is 0. The van der Waals surface area contributed by atoms with E-state index < -0.39 is 0 Å². The highest BCUT2D eigenvalue weighted by Gasteiger charge is 2.16. The second-order valence-electron chi connectivity index (χ2n) is 4.30. The maximum absolute atomic E-state index is 6.01. The van der Waals surface area contributed by atoms with Crippen LogP contribution in [-0.4, -0.2) is 18.2 Å². The molecule has 1 aromatic carbocycles. The fourth-order valence-corrected chi connectivity index (χ4v) is 2.77. The fraction of sp³-hybridized carbons (Fsp3) is 0.214. The molecule has 3 rings (SSSR count). The van der Waals surface area contributed by atoms with Crippen molar-refractivity contribution in [2.24, 2.45) is 0 Å². The summed E-state index contributed by atoms with van der Waals surface area (Å²) in [5.74, 6) is 1.53. The minimum Gasteiger partial charge on any atom is -0.486 e. The van der Waals surface area contributed by atoms with Gasteiger partial charge in [0.05, 0.1) is 10.2 Å². The van der Waals surface area contributed by atoms with E-state index in [4.69, 9.17) is 21.1 Å². The van der Waals surface area contributed by atoms with Gasteiger partial charge in [-0.05, 0) is 45.8 Å². The number of hydrogen-bond acceptors (Lipinski definition) is 4. The van der Waals surface area contributed by atoms with Crippen molar-refractivity contribution < 1.29 is 9.47 Å². The fourth-order valence-electron chi connectivity index (χ4n) is 1.98. The molecule has 104 valence electrons. The largest absolute Gasteiger partial charge is 0.486 e. The second-order valence-corrected chi connectivity index (χ2v) is 5.51. The Kier molecular flexibility index (Phi) is 3.98. The van der Waals surface area contributed by atoms with Gasteiger partial charge >= 0.3 is 0 Å². The molecule has 1 N–H and O–H groups in total. The van der Waals surface area contributed by atoms with Crippen LogP contribution in [0.3, 0.4) is 0 Å². The number of benzene rings is 1. The van der Waals surface area contributed by atoms with E-state index in [1.54, 1.807) is 6.20 Å². The van der Waals surface area contributed by atoms with E-state index in [1.807, 2.05) is 24.3 Å². The molecule has 0 saturated heterocycles. The number of nitrogens with zero attached hydrogens (tertiary/aromatic N) is 1. The quantitative estimate of drug-likeness (QED) is 0.849. The molecule has 1 aliphatic rings. The zero-order valence-corrected chi connectivity index (χ0v) is 12.9. The van der Waals surface area contributed by atoms with Gasteiger partial charge in [0.2, 0.25) is 0 Å². The first kappa shape index (κ1) is 13.5. The van der Waals surface area contributed by atoms with E-state index in [-0.39, 0.29) is 0 Å². The number of ether oxygens (including phenoxy) is 2. The molecule has 1 aliphatic heterocycles. The maximum atomic E-state index is 6.01. The van der Waals surface area contributed by atoms with Crippen molar-refractivity contribution in [3.63, 3.8) is 0 Å². The summed E-state index contributed by atoms with van der Waals surface area (Å²) in [4.78, 5) is 4.03. The highest BCUT2D eigenvalue weighted by atomic mass is 79.9. The number of anilines is 1. The summed E-state index contributed by atoms with van der Waals surface area (Å²) in [6.45, 7) is 1.78. The highest BCUT2D eigenvalue weighted by Crippen LogP contribution is 2.38. The van der Waals surface area contributed by atoms with Crippen molar-refractivity contribution >= 4 is 33.2 Å². The van der Waals surface area contributed by atoms with E-state index in [9.17, 15) is 0 Å². The van der Waals surface area contributed by atoms with E-state index in [1.165, 1.54) is 0 Å². The van der Waals surface area contributed by atoms with E-state index in [0.29, 0.717) is 24.9 Å². The predicted octanol–water partition coefficient (Wildman–Crippen LogP) is 3.88. The number of nitrogens with one attached hydrogen (secondary N) is 1. The van der Waals surface area contributed by atoms with Gasteiger partial charge < -0.3 is 14.8 Å². The summed E-state index contributed by atoms with van der Waals surface area (Å²) in [6, 6.07) is 7.71. The second kappa shape index (κ2) is 5.89. The first-order chi connectivity index (χ1) is 9.74. The van der Waals surface area contributed by atoms with Crippen molar-refractivity contribution in [2.45, 2.75) is 6.54 Å². The summed E-state index contributed by atoms with van der Waals surface area (Å²) in [5, 5.41) is 3.71. The topological polar surface area (TPSA) is 43.4 Å². The molecule has 0 spiro atoms. The first-order valence-corrected chi connectivity index (χ1v) is 7.33. The minimum absolute atomic E-state index is 0.462. The Labute approximate surface area is 130 Å². The number of pyridine rings is 1. The van der Waals surface area contributed by atoms with Crippen LogP contribution in [-0.2, 0) is 6.54 Å². The lowest BCUT2D eigenvalue weighted by atomic mass is 10.2. The average molecular weight is 356 g/mol. The van der Waals surface area contributed by atoms with Crippen molar-refractivity contribution in [1.29, 1.82) is 0 Å². The van der Waals surface area contributed by atoms with Crippen LogP contribution in [0.2, 0.25) is 5.15 Å². The van der Waals surface area contributed by atoms with Gasteiger partial charge in [0.1, 0.15) is 13.2 Å². The van der Waals surface area contributed by atoms with Crippen molar-refractivity contribution in [1.82, 2.24) is 4.98 Å². The van der Waals surface area contributed by atoms with Crippen LogP contribution in [0, 0.1) is 0 Å². The van der Waals surface area contributed by atoms with Gasteiger partial charge in [-0.3, -0.25) is 0 Å². The molecule has 1 aromatic heterocycles. The van der Waals surface area contributed by atoms with Gasteiger partial charge in [-0.15, -0.1) is 0 Å². The number of aromatic nitrogens is 1. The molecule has 20 heavy (non-hydrogen) atoms. The van der Waals surface area contributed by atoms with Crippen LogP contribution in [0.4, 0.5) is 5.69 Å². The molecule has 0 bridgehead atoms. The van der Waals surface area contributed by atoms with Gasteiger partial charge in [-0.25, -0.2) is 4.98 Å². The molecular weight excluding hydrogens is 344 g/mol. The van der Waals surface area contributed by atoms with Crippen molar-refractivity contribution in [3.05, 3.63) is 45.7 Å². The Hall–Kier alpha value is -1.46. The minimum atomic E-state index is 0.462. The number of halogens is 2. The van der Waals surface area contributed by atoms with Gasteiger partial charge in [0, 0.05) is 12.7 Å². The summed E-state index contributed by atoms with van der Waals surface area (Å²) in [5.41, 5.74) is 1.88. The molecule has 6 heteroatoms. The van der Waals surface area contributed by atoms with Crippen LogP contribution < -0.4 is 14.8 Å². The molecule has 0 saturated carbocycles. The molecule has 2 heterocycles. The molecule has 0 unspecified atom stereocenters. The maximum Gasteiger partial charge on any atom is 0.175 e. The zero-order chi connectivity index (χ0) is 13.9. The normalized spacial score (nSPS) is 13.1.